The van der Waals surface area contributed by atoms with Gasteiger partial charge in [-0.1, -0.05) is 11.3 Å². The van der Waals surface area contributed by atoms with Crippen molar-refractivity contribution in [2.75, 3.05) is 32.6 Å². The zero-order valence-corrected chi connectivity index (χ0v) is 20.6. The second kappa shape index (κ2) is 10.5. The lowest BCUT2D eigenvalue weighted by molar-refractivity contribution is -0.116. The average molecular weight is 503 g/mol. The number of ether oxygens (including phenoxy) is 2. The monoisotopic (exact) mass is 502 g/mol. The van der Waals surface area contributed by atoms with Crippen molar-refractivity contribution in [2.45, 2.75) is 30.6 Å². The van der Waals surface area contributed by atoms with Crippen LogP contribution in [0.25, 0.3) is 10.6 Å². The minimum absolute atomic E-state index is 0.140. The number of anilines is 1. The molecule has 1 aromatic heterocycles. The van der Waals surface area contributed by atoms with E-state index in [1.165, 1.54) is 22.8 Å². The number of carbonyl (C=O) groups is 1. The lowest BCUT2D eigenvalue weighted by Crippen LogP contribution is -2.28. The minimum Gasteiger partial charge on any atom is -0.497 e. The molecule has 1 fully saturated rings. The first-order valence-corrected chi connectivity index (χ1v) is 13.1. The van der Waals surface area contributed by atoms with Crippen LogP contribution in [-0.2, 0) is 21.2 Å². The Labute approximate surface area is 202 Å². The van der Waals surface area contributed by atoms with E-state index in [9.17, 15) is 13.2 Å². The van der Waals surface area contributed by atoms with E-state index in [-0.39, 0.29) is 17.2 Å². The smallest absolute Gasteiger partial charge is 0.243 e. The van der Waals surface area contributed by atoms with Crippen LogP contribution in [0.4, 0.5) is 5.13 Å². The van der Waals surface area contributed by atoms with Crippen molar-refractivity contribution < 1.29 is 22.7 Å². The van der Waals surface area contributed by atoms with E-state index >= 15 is 0 Å². The van der Waals surface area contributed by atoms with Crippen LogP contribution in [0.15, 0.2) is 47.4 Å². The standard InChI is InChI=1S/C23H26N4O5S2/c1-31-18-8-5-16(6-9-18)22-25-26-23(33-22)24-21(28)12-7-17-15-19(10-11-20(17)32-2)34(29,30)27-13-3-4-14-27/h5-6,8-11,15H,3-4,7,12-14H2,1-2H3,(H,24,26,28). The molecule has 0 saturated carbocycles. The second-order valence-corrected chi connectivity index (χ2v) is 10.7. The second-order valence-electron chi connectivity index (χ2n) is 7.77. The summed E-state index contributed by atoms with van der Waals surface area (Å²) in [5.74, 6) is 1.05. The van der Waals surface area contributed by atoms with E-state index in [1.807, 2.05) is 24.3 Å². The maximum Gasteiger partial charge on any atom is 0.243 e. The van der Waals surface area contributed by atoms with Gasteiger partial charge in [-0.05, 0) is 67.3 Å². The number of hydrogen-bond donors (Lipinski definition) is 1. The molecule has 2 heterocycles. The first-order valence-electron chi connectivity index (χ1n) is 10.9. The molecule has 3 aromatic rings. The summed E-state index contributed by atoms with van der Waals surface area (Å²) in [6.07, 6.45) is 2.20. The molecule has 34 heavy (non-hydrogen) atoms. The fourth-order valence-corrected chi connectivity index (χ4v) is 6.08. The van der Waals surface area contributed by atoms with Crippen LogP contribution in [0.3, 0.4) is 0 Å². The molecule has 1 aliphatic heterocycles. The molecule has 1 N–H and O–H groups in total. The maximum absolute atomic E-state index is 12.9. The molecular weight excluding hydrogens is 476 g/mol. The lowest BCUT2D eigenvalue weighted by Gasteiger charge is -2.17. The Kier molecular flexibility index (Phi) is 7.44. The molecule has 9 nitrogen and oxygen atoms in total. The third-order valence-corrected chi connectivity index (χ3v) is 8.37. The Morgan fingerprint density at radius 3 is 2.47 bits per heavy atom. The first kappa shape index (κ1) is 24.1. The molecule has 0 aliphatic carbocycles. The highest BCUT2D eigenvalue weighted by Gasteiger charge is 2.27. The third kappa shape index (κ3) is 5.37. The van der Waals surface area contributed by atoms with Gasteiger partial charge in [0, 0.05) is 25.1 Å². The molecule has 0 radical (unpaired) electrons. The summed E-state index contributed by atoms with van der Waals surface area (Å²) in [5.41, 5.74) is 1.54. The van der Waals surface area contributed by atoms with Crippen LogP contribution in [0.5, 0.6) is 11.5 Å². The van der Waals surface area contributed by atoms with Gasteiger partial charge in [0.25, 0.3) is 0 Å². The number of amides is 1. The maximum atomic E-state index is 12.9. The van der Waals surface area contributed by atoms with Crippen LogP contribution in [0.2, 0.25) is 0 Å². The van der Waals surface area contributed by atoms with E-state index in [0.29, 0.717) is 41.0 Å². The summed E-state index contributed by atoms with van der Waals surface area (Å²) in [6, 6.07) is 12.2. The van der Waals surface area contributed by atoms with Crippen molar-refractivity contribution >= 4 is 32.4 Å². The summed E-state index contributed by atoms with van der Waals surface area (Å²) in [5, 5.41) is 12.0. The van der Waals surface area contributed by atoms with E-state index in [1.54, 1.807) is 25.3 Å². The molecule has 1 aliphatic rings. The summed E-state index contributed by atoms with van der Waals surface area (Å²) in [6.45, 7) is 1.07. The molecule has 0 atom stereocenters. The van der Waals surface area contributed by atoms with Gasteiger partial charge in [-0.2, -0.15) is 4.31 Å². The number of benzene rings is 2. The number of aromatic nitrogens is 2. The highest BCUT2D eigenvalue weighted by atomic mass is 32.2. The van der Waals surface area contributed by atoms with Crippen molar-refractivity contribution in [1.29, 1.82) is 0 Å². The van der Waals surface area contributed by atoms with Crippen molar-refractivity contribution in [1.82, 2.24) is 14.5 Å². The number of nitrogens with one attached hydrogen (secondary N) is 1. The molecule has 0 bridgehead atoms. The van der Waals surface area contributed by atoms with Crippen LogP contribution < -0.4 is 14.8 Å². The number of sulfonamides is 1. The Morgan fingerprint density at radius 2 is 1.79 bits per heavy atom. The quantitative estimate of drug-likeness (QED) is 0.476. The Balaban J connectivity index is 1.41. The van der Waals surface area contributed by atoms with Crippen LogP contribution in [0.1, 0.15) is 24.8 Å². The molecule has 4 rings (SSSR count). The Bertz CT molecular complexity index is 1250. The molecule has 1 amide bonds. The molecule has 180 valence electrons. The van der Waals surface area contributed by atoms with E-state index < -0.39 is 10.0 Å². The van der Waals surface area contributed by atoms with Gasteiger partial charge in [-0.3, -0.25) is 4.79 Å². The SMILES string of the molecule is COc1ccc(-c2nnc(NC(=O)CCc3cc(S(=O)(=O)N4CCCC4)ccc3OC)s2)cc1. The minimum atomic E-state index is -3.55. The van der Waals surface area contributed by atoms with Crippen LogP contribution >= 0.6 is 11.3 Å². The largest absolute Gasteiger partial charge is 0.497 e. The van der Waals surface area contributed by atoms with Crippen LogP contribution in [0, 0.1) is 0 Å². The fraction of sp³-hybridized carbons (Fsp3) is 0.348. The van der Waals surface area contributed by atoms with E-state index in [2.05, 4.69) is 15.5 Å². The topological polar surface area (TPSA) is 111 Å². The zero-order valence-electron chi connectivity index (χ0n) is 19.0. The number of methoxy groups -OCH3 is 2. The number of nitrogens with zero attached hydrogens (tertiary/aromatic N) is 3. The van der Waals surface area contributed by atoms with Gasteiger partial charge in [0.15, 0.2) is 0 Å². The van der Waals surface area contributed by atoms with E-state index in [4.69, 9.17) is 9.47 Å². The fourth-order valence-electron chi connectivity index (χ4n) is 3.74. The van der Waals surface area contributed by atoms with Gasteiger partial charge in [0.05, 0.1) is 19.1 Å². The average Bonchev–Trinajstić information content (AvgIpc) is 3.56. The first-order chi connectivity index (χ1) is 16.4. The van der Waals surface area contributed by atoms with Gasteiger partial charge in [-0.25, -0.2) is 8.42 Å². The summed E-state index contributed by atoms with van der Waals surface area (Å²) >= 11 is 1.27. The van der Waals surface area contributed by atoms with Gasteiger partial charge >= 0.3 is 0 Å². The highest BCUT2D eigenvalue weighted by molar-refractivity contribution is 7.89. The third-order valence-electron chi connectivity index (χ3n) is 5.58. The highest BCUT2D eigenvalue weighted by Crippen LogP contribution is 2.29. The Morgan fingerprint density at radius 1 is 1.06 bits per heavy atom. The van der Waals surface area contributed by atoms with Gasteiger partial charge < -0.3 is 14.8 Å². The number of rotatable bonds is 9. The summed E-state index contributed by atoms with van der Waals surface area (Å²) < 4.78 is 37.9. The van der Waals surface area contributed by atoms with Crippen molar-refractivity contribution in [3.8, 4) is 22.1 Å². The summed E-state index contributed by atoms with van der Waals surface area (Å²) in [4.78, 5) is 12.8. The molecule has 2 aromatic carbocycles. The van der Waals surface area contributed by atoms with Gasteiger partial charge in [-0.15, -0.1) is 10.2 Å². The molecule has 0 unspecified atom stereocenters. The molecule has 11 heteroatoms. The normalized spacial score (nSPS) is 14.2. The zero-order chi connectivity index (χ0) is 24.1. The molecule has 1 saturated heterocycles. The van der Waals surface area contributed by atoms with Crippen LogP contribution in [-0.4, -0.2) is 56.1 Å². The summed E-state index contributed by atoms with van der Waals surface area (Å²) in [7, 11) is -0.422. The molecule has 0 spiro atoms. The number of carbonyl (C=O) groups excluding carboxylic acids is 1. The number of aryl methyl sites for hydroxylation is 1. The van der Waals surface area contributed by atoms with Gasteiger partial charge in [0.1, 0.15) is 16.5 Å². The van der Waals surface area contributed by atoms with Crippen molar-refractivity contribution in [3.63, 3.8) is 0 Å². The molecular formula is C23H26N4O5S2. The van der Waals surface area contributed by atoms with Crippen molar-refractivity contribution in [3.05, 3.63) is 48.0 Å². The van der Waals surface area contributed by atoms with E-state index in [0.717, 1.165) is 24.2 Å². The predicted octanol–water partition coefficient (Wildman–Crippen LogP) is 3.58. The number of hydrogen-bond acceptors (Lipinski definition) is 8. The van der Waals surface area contributed by atoms with Crippen molar-refractivity contribution in [2.24, 2.45) is 0 Å². The lowest BCUT2D eigenvalue weighted by atomic mass is 10.1. The predicted molar refractivity (Wildman–Crippen MR) is 130 cm³/mol. The Hall–Kier alpha value is -3.02. The van der Waals surface area contributed by atoms with Gasteiger partial charge in [0.2, 0.25) is 21.1 Å².